The lowest BCUT2D eigenvalue weighted by atomic mass is 9.80. The van der Waals surface area contributed by atoms with E-state index >= 15 is 0 Å². The molecule has 0 amide bonds. The van der Waals surface area contributed by atoms with Crippen molar-refractivity contribution in [2.45, 2.75) is 38.3 Å². The van der Waals surface area contributed by atoms with Crippen molar-refractivity contribution in [1.82, 2.24) is 4.90 Å². The molecule has 2 nitrogen and oxygen atoms in total. The maximum atomic E-state index is 9.69. The second kappa shape index (κ2) is 5.77. The van der Waals surface area contributed by atoms with E-state index < -0.39 is 0 Å². The van der Waals surface area contributed by atoms with Gasteiger partial charge >= 0.3 is 0 Å². The van der Waals surface area contributed by atoms with Crippen LogP contribution in [0.2, 0.25) is 0 Å². The minimum absolute atomic E-state index is 0.375. The Morgan fingerprint density at radius 3 is 2.59 bits per heavy atom. The summed E-state index contributed by atoms with van der Waals surface area (Å²) in [6.45, 7) is 2.15. The smallest absolute Gasteiger partial charge is 0.115 e. The summed E-state index contributed by atoms with van der Waals surface area (Å²) in [5.74, 6) is 1.15. The molecule has 0 saturated carbocycles. The monoisotopic (exact) mass is 293 g/mol. The molecule has 2 heteroatoms. The molecule has 2 aromatic carbocycles. The van der Waals surface area contributed by atoms with Gasteiger partial charge in [-0.05, 0) is 60.4 Å². The Morgan fingerprint density at radius 1 is 0.955 bits per heavy atom. The second-order valence-corrected chi connectivity index (χ2v) is 6.87. The zero-order valence-corrected chi connectivity index (χ0v) is 12.9. The summed E-state index contributed by atoms with van der Waals surface area (Å²) >= 11 is 0. The molecule has 1 saturated heterocycles. The first kappa shape index (κ1) is 13.8. The molecule has 2 heterocycles. The topological polar surface area (TPSA) is 23.5 Å². The van der Waals surface area contributed by atoms with Crippen LogP contribution in [0.5, 0.6) is 5.75 Å². The molecular weight excluding hydrogens is 270 g/mol. The minimum Gasteiger partial charge on any atom is -0.508 e. The highest BCUT2D eigenvalue weighted by Gasteiger charge is 2.31. The molecule has 2 aromatic rings. The van der Waals surface area contributed by atoms with Crippen LogP contribution < -0.4 is 0 Å². The minimum atomic E-state index is 0.375. The van der Waals surface area contributed by atoms with Crippen molar-refractivity contribution in [3.05, 3.63) is 65.2 Å². The number of phenols is 1. The van der Waals surface area contributed by atoms with Gasteiger partial charge in [-0.1, -0.05) is 36.4 Å². The fourth-order valence-electron chi connectivity index (χ4n) is 4.18. The molecule has 2 atom stereocenters. The molecule has 3 aliphatic rings. The van der Waals surface area contributed by atoms with Gasteiger partial charge in [0.1, 0.15) is 5.75 Å². The number of hydrogen-bond acceptors (Lipinski definition) is 2. The highest BCUT2D eigenvalue weighted by Crippen LogP contribution is 2.33. The first-order valence-electron chi connectivity index (χ1n) is 8.36. The molecule has 5 rings (SSSR count). The highest BCUT2D eigenvalue weighted by atomic mass is 16.3. The lowest BCUT2D eigenvalue weighted by Crippen LogP contribution is -2.46. The van der Waals surface area contributed by atoms with E-state index in [1.165, 1.54) is 43.4 Å². The average Bonchev–Trinajstić information content (AvgIpc) is 2.48. The molecule has 22 heavy (non-hydrogen) atoms. The Hall–Kier alpha value is -1.80. The lowest BCUT2D eigenvalue weighted by molar-refractivity contribution is 0.0937. The van der Waals surface area contributed by atoms with Gasteiger partial charge in [-0.15, -0.1) is 0 Å². The summed E-state index contributed by atoms with van der Waals surface area (Å²) < 4.78 is 0. The lowest BCUT2D eigenvalue weighted by Gasteiger charge is -2.42. The molecule has 0 spiro atoms. The maximum Gasteiger partial charge on any atom is 0.115 e. The third-order valence-corrected chi connectivity index (χ3v) is 5.30. The molecule has 0 aromatic heterocycles. The van der Waals surface area contributed by atoms with Gasteiger partial charge in [-0.2, -0.15) is 0 Å². The molecule has 1 N–H and O–H groups in total. The zero-order valence-electron chi connectivity index (χ0n) is 12.9. The molecule has 2 bridgehead atoms. The molecule has 114 valence electrons. The zero-order chi connectivity index (χ0) is 14.9. The highest BCUT2D eigenvalue weighted by molar-refractivity contribution is 5.30. The summed E-state index contributed by atoms with van der Waals surface area (Å²) in [7, 11) is 0. The van der Waals surface area contributed by atoms with Crippen LogP contribution in [-0.2, 0) is 19.4 Å². The van der Waals surface area contributed by atoms with Gasteiger partial charge < -0.3 is 5.11 Å². The van der Waals surface area contributed by atoms with Gasteiger partial charge in [-0.3, -0.25) is 4.90 Å². The van der Waals surface area contributed by atoms with E-state index in [9.17, 15) is 5.11 Å². The SMILES string of the molecule is Oc1cccc(CN2C[C@@H]3CC[C@@H]2Cc2ccccc2C3)c1. The van der Waals surface area contributed by atoms with Crippen LogP contribution in [-0.4, -0.2) is 22.6 Å². The molecule has 0 unspecified atom stereocenters. The molecular formula is C20H23NO. The van der Waals surface area contributed by atoms with Crippen molar-refractivity contribution in [1.29, 1.82) is 0 Å². The van der Waals surface area contributed by atoms with Crippen LogP contribution in [0, 0.1) is 5.92 Å². The van der Waals surface area contributed by atoms with Crippen LogP contribution in [0.1, 0.15) is 29.5 Å². The molecule has 2 aliphatic heterocycles. The number of aromatic hydroxyl groups is 1. The van der Waals surface area contributed by atoms with Crippen molar-refractivity contribution >= 4 is 0 Å². The number of phenolic OH excluding ortho intramolecular Hbond substituents is 1. The van der Waals surface area contributed by atoms with E-state index in [0.29, 0.717) is 11.8 Å². The predicted molar refractivity (Wildman–Crippen MR) is 88.9 cm³/mol. The fourth-order valence-corrected chi connectivity index (χ4v) is 4.18. The predicted octanol–water partition coefficient (Wildman–Crippen LogP) is 3.77. The molecule has 0 radical (unpaired) electrons. The third-order valence-electron chi connectivity index (χ3n) is 5.30. The number of rotatable bonds is 2. The van der Waals surface area contributed by atoms with Gasteiger partial charge in [0.25, 0.3) is 0 Å². The Balaban J connectivity index is 1.58. The van der Waals surface area contributed by atoms with E-state index in [1.54, 1.807) is 11.6 Å². The number of nitrogens with zero attached hydrogens (tertiary/aromatic N) is 1. The standard InChI is InChI=1S/C20H23NO/c22-20-7-3-4-15(11-20)13-21-14-16-8-9-19(21)12-18-6-2-1-5-17(18)10-16/h1-7,11,16,19,22H,8-10,12-14H2/t16-,19-/m1/s1. The van der Waals surface area contributed by atoms with Crippen molar-refractivity contribution < 1.29 is 5.11 Å². The van der Waals surface area contributed by atoms with Crippen LogP contribution in [0.3, 0.4) is 0 Å². The van der Waals surface area contributed by atoms with Crippen molar-refractivity contribution in [2.24, 2.45) is 5.92 Å². The largest absolute Gasteiger partial charge is 0.508 e. The Bertz CT molecular complexity index is 666. The van der Waals surface area contributed by atoms with Crippen LogP contribution in [0.25, 0.3) is 0 Å². The van der Waals surface area contributed by atoms with Gasteiger partial charge in [0.05, 0.1) is 0 Å². The summed E-state index contributed by atoms with van der Waals surface area (Å²) in [5, 5.41) is 9.69. The van der Waals surface area contributed by atoms with Gasteiger partial charge in [0.2, 0.25) is 0 Å². The summed E-state index contributed by atoms with van der Waals surface area (Å²) in [4.78, 5) is 2.64. The van der Waals surface area contributed by atoms with Gasteiger partial charge in [-0.25, -0.2) is 0 Å². The quantitative estimate of drug-likeness (QED) is 0.911. The van der Waals surface area contributed by atoms with E-state index in [-0.39, 0.29) is 0 Å². The fraction of sp³-hybridized carbons (Fsp3) is 0.400. The number of piperidine rings is 1. The Morgan fingerprint density at radius 2 is 1.77 bits per heavy atom. The average molecular weight is 293 g/mol. The first-order chi connectivity index (χ1) is 10.8. The number of benzene rings is 2. The van der Waals surface area contributed by atoms with E-state index in [4.69, 9.17) is 0 Å². The van der Waals surface area contributed by atoms with Crippen LogP contribution in [0.4, 0.5) is 0 Å². The first-order valence-corrected chi connectivity index (χ1v) is 8.36. The number of hydrogen-bond donors (Lipinski definition) is 1. The van der Waals surface area contributed by atoms with E-state index in [0.717, 1.165) is 12.5 Å². The summed E-state index contributed by atoms with van der Waals surface area (Å²) in [5.41, 5.74) is 4.33. The Kier molecular flexibility index (Phi) is 3.63. The van der Waals surface area contributed by atoms with Gasteiger partial charge in [0.15, 0.2) is 0 Å². The van der Waals surface area contributed by atoms with Crippen LogP contribution in [0.15, 0.2) is 48.5 Å². The molecule has 1 aliphatic carbocycles. The third kappa shape index (κ3) is 2.76. The van der Waals surface area contributed by atoms with E-state index in [1.807, 2.05) is 12.1 Å². The van der Waals surface area contributed by atoms with Crippen LogP contribution >= 0.6 is 0 Å². The summed E-state index contributed by atoms with van der Waals surface area (Å²) in [6.07, 6.45) is 5.05. The summed E-state index contributed by atoms with van der Waals surface area (Å²) in [6, 6.07) is 17.3. The maximum absolute atomic E-state index is 9.69. The van der Waals surface area contributed by atoms with Gasteiger partial charge in [0, 0.05) is 19.1 Å². The second-order valence-electron chi connectivity index (χ2n) is 6.87. The van der Waals surface area contributed by atoms with Crippen molar-refractivity contribution in [3.63, 3.8) is 0 Å². The van der Waals surface area contributed by atoms with Crippen molar-refractivity contribution in [3.8, 4) is 5.75 Å². The van der Waals surface area contributed by atoms with Crippen molar-refractivity contribution in [2.75, 3.05) is 6.54 Å². The van der Waals surface area contributed by atoms with E-state index in [2.05, 4.69) is 35.2 Å². The Labute approximate surface area is 132 Å². The number of fused-ring (bicyclic) bond motifs is 2. The molecule has 1 fully saturated rings. The normalized spacial score (nSPS) is 24.5.